The van der Waals surface area contributed by atoms with Gasteiger partial charge in [-0.15, -0.1) is 0 Å². The number of hydrogen-bond acceptors (Lipinski definition) is 2. The SMILES string of the molecule is C1CCC2C(C1)CCC2CC1CCC2CCCCC21.C1CCC2C(C1)CCC2CC1CCC2CCCCC21.C1CCC2C(C1)CCC2CC1CCC2CCCCC21.C1CCC2C(C1)CCC2CC1CCC2CCCCC21.C1CCC2C(C1)CCC2CC1CCC2CCCCC21.CC(C)(C)C.CC(C)(C)C.CC(C)(C)C.CC(C)(C)C.CC(C)(C)C.CC1=C2CN(C)CC2CC1(C)N(C(C)(C)C)[Si](C)(C)C1C(C)C(C)C(C)C1C. The molecule has 23 rings (SSSR count). The molecule has 0 amide bonds. The van der Waals surface area contributed by atoms with Crippen molar-refractivity contribution >= 4 is 8.24 Å². The molecule has 23 aliphatic rings. The van der Waals surface area contributed by atoms with Gasteiger partial charge in [0.2, 0.25) is 0 Å². The first kappa shape index (κ1) is 125. The molecule has 0 radical (unpaired) electrons. The van der Waals surface area contributed by atoms with Gasteiger partial charge in [-0.3, -0.25) is 0 Å². The Morgan fingerprint density at radius 1 is 0.243 bits per heavy atom. The number of hydrogen-bond donors (Lipinski definition) is 0. The molecule has 862 valence electrons. The van der Waals surface area contributed by atoms with Gasteiger partial charge in [0, 0.05) is 24.2 Å². The minimum Gasteiger partial charge on any atom is -0.310 e. The quantitative estimate of drug-likeness (QED) is 0.134. The van der Waals surface area contributed by atoms with Gasteiger partial charge in [-0.05, 0) is 513 Å². The first-order valence-electron chi connectivity index (χ1n) is 68.9. The molecule has 1 saturated heterocycles. The minimum absolute atomic E-state index is 0.200. The lowest BCUT2D eigenvalue weighted by atomic mass is 9.72. The van der Waals surface area contributed by atoms with Gasteiger partial charge in [-0.25, -0.2) is 0 Å². The fourth-order valence-corrected chi connectivity index (χ4v) is 48.8. The zero-order valence-electron chi connectivity index (χ0n) is 107. The smallest absolute Gasteiger partial charge is 0.127 e. The van der Waals surface area contributed by atoms with Crippen LogP contribution in [0.15, 0.2) is 11.1 Å². The van der Waals surface area contributed by atoms with E-state index in [1.807, 2.05) is 0 Å². The predicted molar refractivity (Wildman–Crippen MR) is 657 cm³/mol. The summed E-state index contributed by atoms with van der Waals surface area (Å²) in [5, 5.41) is 0. The predicted octanol–water partition coefficient (Wildman–Crippen LogP) is 45.6. The molecule has 0 N–H and O–H groups in total. The van der Waals surface area contributed by atoms with E-state index in [0.717, 1.165) is 213 Å². The third kappa shape index (κ3) is 36.2. The number of rotatable bonds is 13. The maximum absolute atomic E-state index is 3.11. The van der Waals surface area contributed by atoms with Crippen molar-refractivity contribution in [3.63, 3.8) is 0 Å². The van der Waals surface area contributed by atoms with Gasteiger partial charge in [-0.2, -0.15) is 0 Å². The molecule has 2 nitrogen and oxygen atoms in total. The first-order valence-corrected chi connectivity index (χ1v) is 71.9. The standard InChI is InChI=1S/C25H48N2Si.5C19H32.5C5H12/c1-16-17(2)19(4)23(18(16)3)28(11,12)27(24(6,7)8)25(9)13-21-14-26(10)15-22(21)20(25)5;5*1-3-7-18-14(5-1)9-11-16(18)13-17-12-10-15-6-2-4-8-19(15)17;5*1-5(2,3)4/h16-19,21,23H,13-15H2,1-12H3;5*14-19H,1-13H2;5*1-4H3. The van der Waals surface area contributed by atoms with Crippen molar-refractivity contribution in [3.8, 4) is 0 Å². The van der Waals surface area contributed by atoms with Gasteiger partial charge in [0.15, 0.2) is 0 Å². The van der Waals surface area contributed by atoms with Gasteiger partial charge in [0.25, 0.3) is 0 Å². The van der Waals surface area contributed by atoms with E-state index in [2.05, 4.69) is 230 Å². The van der Waals surface area contributed by atoms with Gasteiger partial charge >= 0.3 is 0 Å². The minimum atomic E-state index is -1.70. The summed E-state index contributed by atoms with van der Waals surface area (Å²) in [6.45, 7) is 74.3. The molecule has 0 aromatic heterocycles. The second kappa shape index (κ2) is 56.2. The molecule has 0 spiro atoms. The van der Waals surface area contributed by atoms with E-state index in [1.165, 1.54) is 19.5 Å². The molecule has 22 fully saturated rings. The third-order valence-corrected chi connectivity index (χ3v) is 52.4. The van der Waals surface area contributed by atoms with E-state index in [-0.39, 0.29) is 11.1 Å². The third-order valence-electron chi connectivity index (χ3n) is 47.4. The van der Waals surface area contributed by atoms with Crippen molar-refractivity contribution < 1.29 is 0 Å². The molecule has 0 bridgehead atoms. The lowest BCUT2D eigenvalue weighted by molar-refractivity contribution is 0.109. The second-order valence-corrected chi connectivity index (χ2v) is 73.7. The zero-order chi connectivity index (χ0) is 107. The van der Waals surface area contributed by atoms with Crippen LogP contribution in [0.3, 0.4) is 0 Å². The van der Waals surface area contributed by atoms with Crippen molar-refractivity contribution in [2.75, 3.05) is 20.1 Å². The molecule has 0 aromatic carbocycles. The lowest BCUT2D eigenvalue weighted by Crippen LogP contribution is -2.69. The molecule has 22 aliphatic carbocycles. The summed E-state index contributed by atoms with van der Waals surface area (Å²) in [6.07, 6.45) is 104. The van der Waals surface area contributed by atoms with Crippen LogP contribution in [0.25, 0.3) is 0 Å². The molecule has 3 heteroatoms. The van der Waals surface area contributed by atoms with Gasteiger partial charge in [-0.1, -0.05) is 383 Å². The fourth-order valence-electron chi connectivity index (χ4n) is 42.0. The number of likely N-dealkylation sites (N-methyl/N-ethyl adjacent to an activating group) is 1. The molecule has 1 aliphatic heterocycles. The van der Waals surface area contributed by atoms with Crippen LogP contribution < -0.4 is 0 Å². The highest BCUT2D eigenvalue weighted by Gasteiger charge is 2.61. The first-order chi connectivity index (χ1) is 69.7. The van der Waals surface area contributed by atoms with E-state index in [4.69, 9.17) is 0 Å². The van der Waals surface area contributed by atoms with E-state index in [0.29, 0.717) is 27.1 Å². The Morgan fingerprint density at radius 3 is 0.547 bits per heavy atom. The summed E-state index contributed by atoms with van der Waals surface area (Å²) in [5.41, 5.74) is 7.26. The summed E-state index contributed by atoms with van der Waals surface area (Å²) in [6, 6.07) is 0. The van der Waals surface area contributed by atoms with Crippen molar-refractivity contribution in [2.24, 2.45) is 234 Å². The Kier molecular flexibility index (Phi) is 47.4. The highest BCUT2D eigenvalue weighted by Crippen LogP contribution is 2.64. The van der Waals surface area contributed by atoms with Crippen LogP contribution in [0.1, 0.15) is 625 Å². The van der Waals surface area contributed by atoms with Gasteiger partial charge in [0.05, 0.1) is 0 Å². The maximum Gasteiger partial charge on any atom is 0.127 e. The van der Waals surface area contributed by atoms with Crippen LogP contribution in [0.2, 0.25) is 18.6 Å². The van der Waals surface area contributed by atoms with E-state index in [9.17, 15) is 0 Å². The molecular weight excluding hydrogens is 1800 g/mol. The normalized spacial score (nSPS) is 42.1. The summed E-state index contributed by atoms with van der Waals surface area (Å²) in [4.78, 5) is 2.53. The molecule has 1 heterocycles. The lowest BCUT2D eigenvalue weighted by Gasteiger charge is -2.59. The Balaban J connectivity index is 0.000000142. The van der Waals surface area contributed by atoms with Crippen LogP contribution in [-0.4, -0.2) is 48.9 Å². The van der Waals surface area contributed by atoms with Crippen LogP contribution in [0.5, 0.6) is 0 Å². The van der Waals surface area contributed by atoms with Gasteiger partial charge in [0.1, 0.15) is 8.24 Å². The highest BCUT2D eigenvalue weighted by molar-refractivity contribution is 6.76. The Hall–Kier alpha value is -0.123. The van der Waals surface area contributed by atoms with Crippen LogP contribution in [0.4, 0.5) is 0 Å². The maximum atomic E-state index is 3.11. The summed E-state index contributed by atoms with van der Waals surface area (Å²) < 4.78 is 3.11. The topological polar surface area (TPSA) is 6.48 Å². The number of likely N-dealkylation sites (tertiary alicyclic amines) is 1. The summed E-state index contributed by atoms with van der Waals surface area (Å²) in [7, 11) is 0.589. The Bertz CT molecular complexity index is 3150. The van der Waals surface area contributed by atoms with Crippen LogP contribution >= 0.6 is 0 Å². The summed E-state index contributed by atoms with van der Waals surface area (Å²) in [5.74, 6) is 38.8. The molecule has 21 saturated carbocycles. The summed E-state index contributed by atoms with van der Waals surface area (Å²) >= 11 is 0. The van der Waals surface area contributed by atoms with Crippen molar-refractivity contribution in [1.29, 1.82) is 0 Å². The van der Waals surface area contributed by atoms with Gasteiger partial charge < -0.3 is 9.47 Å². The zero-order valence-corrected chi connectivity index (χ0v) is 108. The number of nitrogens with zero attached hydrogens (tertiary/aromatic N) is 2. The molecular formula is C145H268N2Si. The monoisotopic (exact) mass is 2070 g/mol. The molecule has 36 unspecified atom stereocenters. The second-order valence-electron chi connectivity index (χ2n) is 69.3. The van der Waals surface area contributed by atoms with Crippen LogP contribution in [-0.2, 0) is 0 Å². The van der Waals surface area contributed by atoms with Crippen molar-refractivity contribution in [2.45, 2.75) is 654 Å². The Labute approximate surface area is 931 Å². The van der Waals surface area contributed by atoms with E-state index < -0.39 is 8.24 Å². The average molecular weight is 2070 g/mol. The van der Waals surface area contributed by atoms with Crippen molar-refractivity contribution in [3.05, 3.63) is 11.1 Å². The highest BCUT2D eigenvalue weighted by atomic mass is 28.3. The largest absolute Gasteiger partial charge is 0.310 e. The van der Waals surface area contributed by atoms with Crippen molar-refractivity contribution in [1.82, 2.24) is 9.47 Å². The molecule has 36 atom stereocenters. The molecule has 148 heavy (non-hydrogen) atoms. The number of fused-ring (bicyclic) bond motifs is 11. The Morgan fingerprint density at radius 2 is 0.399 bits per heavy atom. The van der Waals surface area contributed by atoms with E-state index >= 15 is 0 Å². The molecule has 0 aromatic rings. The fraction of sp³-hybridized carbons (Fsp3) is 0.986. The van der Waals surface area contributed by atoms with E-state index in [1.54, 1.807) is 428 Å². The van der Waals surface area contributed by atoms with Crippen LogP contribution in [0, 0.1) is 234 Å². The average Bonchev–Trinajstić information content (AvgIpc) is 1.54.